The number of likely N-dealkylation sites (N-methyl/N-ethyl adjacent to an activating group) is 1. The summed E-state index contributed by atoms with van der Waals surface area (Å²) in [5.41, 5.74) is 0.753. The second-order valence-electron chi connectivity index (χ2n) is 6.44. The molecule has 1 N–H and O–H groups in total. The third kappa shape index (κ3) is 4.77. The standard InChI is InChI=1S/C19H20BrN3O4/c1-22(12-17(24)21-10-16-6-3-7-27-16)19(26)13-8-18(25)23(11-13)15-5-2-4-14(20)9-15/h2-7,9,13H,8,10-12H2,1H3,(H,21,24)/t13-/m0/s1. The van der Waals surface area contributed by atoms with Gasteiger partial charge in [-0.2, -0.15) is 0 Å². The van der Waals surface area contributed by atoms with Crippen LogP contribution in [0.15, 0.2) is 51.6 Å². The summed E-state index contributed by atoms with van der Waals surface area (Å²) in [6, 6.07) is 10.9. The number of hydrogen-bond acceptors (Lipinski definition) is 4. The fourth-order valence-corrected chi connectivity index (χ4v) is 3.41. The Bertz CT molecular complexity index is 837. The van der Waals surface area contributed by atoms with Crippen LogP contribution in [0.25, 0.3) is 0 Å². The van der Waals surface area contributed by atoms with Crippen LogP contribution in [0.4, 0.5) is 5.69 Å². The normalized spacial score (nSPS) is 16.4. The van der Waals surface area contributed by atoms with Gasteiger partial charge in [0.15, 0.2) is 0 Å². The van der Waals surface area contributed by atoms with E-state index >= 15 is 0 Å². The lowest BCUT2D eigenvalue weighted by molar-refractivity contribution is -0.138. The van der Waals surface area contributed by atoms with Crippen molar-refractivity contribution in [2.24, 2.45) is 5.92 Å². The molecule has 1 saturated heterocycles. The second-order valence-corrected chi connectivity index (χ2v) is 7.35. The lowest BCUT2D eigenvalue weighted by Gasteiger charge is -2.21. The van der Waals surface area contributed by atoms with Gasteiger partial charge in [0, 0.05) is 30.2 Å². The fraction of sp³-hybridized carbons (Fsp3) is 0.316. The van der Waals surface area contributed by atoms with Gasteiger partial charge < -0.3 is 19.5 Å². The number of carbonyl (C=O) groups is 3. The molecule has 142 valence electrons. The van der Waals surface area contributed by atoms with Crippen LogP contribution in [0.3, 0.4) is 0 Å². The van der Waals surface area contributed by atoms with E-state index in [0.29, 0.717) is 12.3 Å². The van der Waals surface area contributed by atoms with E-state index in [9.17, 15) is 14.4 Å². The summed E-state index contributed by atoms with van der Waals surface area (Å²) in [5.74, 6) is -0.408. The van der Waals surface area contributed by atoms with Crippen molar-refractivity contribution in [3.8, 4) is 0 Å². The zero-order valence-corrected chi connectivity index (χ0v) is 16.4. The van der Waals surface area contributed by atoms with Crippen molar-refractivity contribution >= 4 is 39.3 Å². The molecule has 2 aromatic rings. The number of carbonyl (C=O) groups excluding carboxylic acids is 3. The van der Waals surface area contributed by atoms with Crippen molar-refractivity contribution in [2.45, 2.75) is 13.0 Å². The molecular formula is C19H20BrN3O4. The molecular weight excluding hydrogens is 414 g/mol. The first-order valence-electron chi connectivity index (χ1n) is 8.54. The molecule has 1 aromatic heterocycles. The average Bonchev–Trinajstić information content (AvgIpc) is 3.28. The Balaban J connectivity index is 1.54. The van der Waals surface area contributed by atoms with E-state index in [-0.39, 0.29) is 37.2 Å². The molecule has 1 aliphatic rings. The molecule has 2 heterocycles. The maximum absolute atomic E-state index is 12.6. The number of nitrogens with one attached hydrogen (secondary N) is 1. The maximum Gasteiger partial charge on any atom is 0.239 e. The van der Waals surface area contributed by atoms with Gasteiger partial charge in [-0.25, -0.2) is 0 Å². The van der Waals surface area contributed by atoms with Crippen LogP contribution in [0, 0.1) is 5.92 Å². The first kappa shape index (κ1) is 19.2. The van der Waals surface area contributed by atoms with Gasteiger partial charge in [-0.15, -0.1) is 0 Å². The highest BCUT2D eigenvalue weighted by molar-refractivity contribution is 9.10. The van der Waals surface area contributed by atoms with Gasteiger partial charge in [-0.05, 0) is 30.3 Å². The summed E-state index contributed by atoms with van der Waals surface area (Å²) in [6.07, 6.45) is 1.68. The van der Waals surface area contributed by atoms with Gasteiger partial charge in [-0.3, -0.25) is 14.4 Å². The number of halogens is 1. The van der Waals surface area contributed by atoms with Crippen LogP contribution < -0.4 is 10.2 Å². The molecule has 3 amide bonds. The van der Waals surface area contributed by atoms with Crippen molar-refractivity contribution in [1.82, 2.24) is 10.2 Å². The van der Waals surface area contributed by atoms with Gasteiger partial charge in [0.05, 0.1) is 25.3 Å². The van der Waals surface area contributed by atoms with Crippen molar-refractivity contribution in [3.63, 3.8) is 0 Å². The molecule has 0 unspecified atom stereocenters. The molecule has 27 heavy (non-hydrogen) atoms. The van der Waals surface area contributed by atoms with Crippen molar-refractivity contribution in [1.29, 1.82) is 0 Å². The lowest BCUT2D eigenvalue weighted by atomic mass is 10.1. The molecule has 8 heteroatoms. The minimum atomic E-state index is -0.459. The van der Waals surface area contributed by atoms with E-state index in [0.717, 1.165) is 10.2 Å². The van der Waals surface area contributed by atoms with Crippen LogP contribution in [-0.2, 0) is 20.9 Å². The topological polar surface area (TPSA) is 82.9 Å². The monoisotopic (exact) mass is 433 g/mol. The third-order valence-electron chi connectivity index (χ3n) is 4.39. The first-order chi connectivity index (χ1) is 12.9. The number of furan rings is 1. The number of nitrogens with zero attached hydrogens (tertiary/aromatic N) is 2. The van der Waals surface area contributed by atoms with Gasteiger partial charge in [0.1, 0.15) is 5.76 Å². The largest absolute Gasteiger partial charge is 0.467 e. The van der Waals surface area contributed by atoms with E-state index in [1.54, 1.807) is 24.1 Å². The summed E-state index contributed by atoms with van der Waals surface area (Å²) in [7, 11) is 1.57. The molecule has 0 radical (unpaired) electrons. The summed E-state index contributed by atoms with van der Waals surface area (Å²) < 4.78 is 6.02. The Hall–Kier alpha value is -2.61. The third-order valence-corrected chi connectivity index (χ3v) is 4.88. The van der Waals surface area contributed by atoms with Crippen molar-refractivity contribution < 1.29 is 18.8 Å². The Labute approximate surface area is 165 Å². The molecule has 0 bridgehead atoms. The molecule has 0 spiro atoms. The molecule has 1 atom stereocenters. The average molecular weight is 434 g/mol. The van der Waals surface area contributed by atoms with Gasteiger partial charge in [0.2, 0.25) is 17.7 Å². The Kier molecular flexibility index (Phi) is 5.95. The first-order valence-corrected chi connectivity index (χ1v) is 9.33. The number of rotatable bonds is 6. The predicted octanol–water partition coefficient (Wildman–Crippen LogP) is 2.17. The van der Waals surface area contributed by atoms with Crippen LogP contribution in [0.2, 0.25) is 0 Å². The fourth-order valence-electron chi connectivity index (χ4n) is 3.03. The summed E-state index contributed by atoms with van der Waals surface area (Å²) in [4.78, 5) is 40.0. The van der Waals surface area contributed by atoms with Crippen molar-refractivity contribution in [3.05, 3.63) is 52.9 Å². The molecule has 1 fully saturated rings. The van der Waals surface area contributed by atoms with E-state index in [2.05, 4.69) is 21.2 Å². The minimum absolute atomic E-state index is 0.0683. The zero-order chi connectivity index (χ0) is 19.4. The summed E-state index contributed by atoms with van der Waals surface area (Å²) in [6.45, 7) is 0.514. The number of amides is 3. The Morgan fingerprint density at radius 3 is 2.85 bits per heavy atom. The van der Waals surface area contributed by atoms with Gasteiger partial charge in [0.25, 0.3) is 0 Å². The smallest absolute Gasteiger partial charge is 0.239 e. The highest BCUT2D eigenvalue weighted by atomic mass is 79.9. The van der Waals surface area contributed by atoms with E-state index in [4.69, 9.17) is 4.42 Å². The van der Waals surface area contributed by atoms with E-state index in [1.807, 2.05) is 24.3 Å². The summed E-state index contributed by atoms with van der Waals surface area (Å²) in [5, 5.41) is 2.70. The molecule has 7 nitrogen and oxygen atoms in total. The predicted molar refractivity (Wildman–Crippen MR) is 103 cm³/mol. The van der Waals surface area contributed by atoms with Crippen LogP contribution in [0.5, 0.6) is 0 Å². The lowest BCUT2D eigenvalue weighted by Crippen LogP contribution is -2.41. The Morgan fingerprint density at radius 1 is 1.33 bits per heavy atom. The van der Waals surface area contributed by atoms with Crippen LogP contribution in [0.1, 0.15) is 12.2 Å². The number of benzene rings is 1. The van der Waals surface area contributed by atoms with Crippen LogP contribution >= 0.6 is 15.9 Å². The zero-order valence-electron chi connectivity index (χ0n) is 14.9. The second kappa shape index (κ2) is 8.39. The quantitative estimate of drug-likeness (QED) is 0.756. The molecule has 0 aliphatic carbocycles. The molecule has 1 aromatic carbocycles. The number of hydrogen-bond donors (Lipinski definition) is 1. The molecule has 3 rings (SSSR count). The maximum atomic E-state index is 12.6. The Morgan fingerprint density at radius 2 is 2.15 bits per heavy atom. The van der Waals surface area contributed by atoms with Crippen LogP contribution in [-0.4, -0.2) is 42.8 Å². The van der Waals surface area contributed by atoms with Gasteiger partial charge in [-0.1, -0.05) is 22.0 Å². The van der Waals surface area contributed by atoms with E-state index in [1.165, 1.54) is 11.2 Å². The van der Waals surface area contributed by atoms with Gasteiger partial charge >= 0.3 is 0 Å². The molecule has 0 saturated carbocycles. The van der Waals surface area contributed by atoms with Crippen molar-refractivity contribution in [2.75, 3.05) is 25.0 Å². The highest BCUT2D eigenvalue weighted by Gasteiger charge is 2.36. The van der Waals surface area contributed by atoms with E-state index < -0.39 is 5.92 Å². The summed E-state index contributed by atoms with van der Waals surface area (Å²) >= 11 is 3.39. The minimum Gasteiger partial charge on any atom is -0.467 e. The molecule has 1 aliphatic heterocycles. The SMILES string of the molecule is CN(CC(=O)NCc1ccco1)C(=O)[C@H]1CC(=O)N(c2cccc(Br)c2)C1. The number of anilines is 1. The highest BCUT2D eigenvalue weighted by Crippen LogP contribution is 2.28.